The van der Waals surface area contributed by atoms with Crippen LogP contribution in [-0.4, -0.2) is 5.78 Å². The van der Waals surface area contributed by atoms with E-state index in [9.17, 15) is 13.6 Å². The fraction of sp³-hybridized carbons (Fsp3) is 0.562. The zero-order valence-corrected chi connectivity index (χ0v) is 11.5. The van der Waals surface area contributed by atoms with E-state index in [4.69, 9.17) is 0 Å². The molecule has 0 saturated heterocycles. The molecule has 0 N–H and O–H groups in total. The summed E-state index contributed by atoms with van der Waals surface area (Å²) >= 11 is 0. The molecule has 0 aliphatic heterocycles. The lowest BCUT2D eigenvalue weighted by Gasteiger charge is -2.37. The normalized spacial score (nSPS) is 22.2. The van der Waals surface area contributed by atoms with Gasteiger partial charge in [0.25, 0.3) is 0 Å². The van der Waals surface area contributed by atoms with Crippen LogP contribution in [0.1, 0.15) is 45.1 Å². The fourth-order valence-corrected chi connectivity index (χ4v) is 3.13. The van der Waals surface area contributed by atoms with E-state index in [-0.39, 0.29) is 23.5 Å². The molecule has 1 saturated carbocycles. The highest BCUT2D eigenvalue weighted by Gasteiger charge is 2.36. The second kappa shape index (κ2) is 5.40. The minimum atomic E-state index is -0.620. The van der Waals surface area contributed by atoms with E-state index in [1.54, 1.807) is 0 Å². The van der Waals surface area contributed by atoms with Gasteiger partial charge in [-0.2, -0.15) is 0 Å². The van der Waals surface area contributed by atoms with Gasteiger partial charge in [-0.1, -0.05) is 26.7 Å². The van der Waals surface area contributed by atoms with Gasteiger partial charge in [0.1, 0.15) is 17.4 Å². The summed E-state index contributed by atoms with van der Waals surface area (Å²) in [5.74, 6) is -1.13. The van der Waals surface area contributed by atoms with Crippen molar-refractivity contribution in [3.05, 3.63) is 35.4 Å². The summed E-state index contributed by atoms with van der Waals surface area (Å²) in [6.45, 7) is 4.22. The van der Waals surface area contributed by atoms with Crippen LogP contribution in [0.25, 0.3) is 0 Å². The number of hydrogen-bond donors (Lipinski definition) is 0. The van der Waals surface area contributed by atoms with Gasteiger partial charge in [-0.3, -0.25) is 4.79 Å². The van der Waals surface area contributed by atoms with Gasteiger partial charge in [0.15, 0.2) is 0 Å². The first-order chi connectivity index (χ1) is 8.88. The first-order valence-electron chi connectivity index (χ1n) is 6.86. The highest BCUT2D eigenvalue weighted by atomic mass is 19.1. The van der Waals surface area contributed by atoms with Gasteiger partial charge in [-0.15, -0.1) is 0 Å². The number of carbonyl (C=O) groups is 1. The maximum absolute atomic E-state index is 13.1. The van der Waals surface area contributed by atoms with E-state index in [2.05, 4.69) is 13.8 Å². The van der Waals surface area contributed by atoms with Crippen molar-refractivity contribution in [2.45, 2.75) is 46.0 Å². The SMILES string of the molecule is CC1(C)CCCCC1C(=O)Cc1cc(F)cc(F)c1. The average molecular weight is 266 g/mol. The van der Waals surface area contributed by atoms with Crippen molar-refractivity contribution in [2.75, 3.05) is 0 Å². The maximum atomic E-state index is 13.1. The second-order valence-electron chi connectivity index (χ2n) is 6.21. The van der Waals surface area contributed by atoms with Crippen LogP contribution in [0.4, 0.5) is 8.78 Å². The van der Waals surface area contributed by atoms with Crippen molar-refractivity contribution in [3.63, 3.8) is 0 Å². The highest BCUT2D eigenvalue weighted by molar-refractivity contribution is 5.84. The molecule has 1 aliphatic rings. The first kappa shape index (κ1) is 14.2. The zero-order chi connectivity index (χ0) is 14.0. The van der Waals surface area contributed by atoms with Crippen LogP contribution in [0, 0.1) is 23.0 Å². The molecule has 3 heteroatoms. The largest absolute Gasteiger partial charge is 0.299 e. The summed E-state index contributed by atoms with van der Waals surface area (Å²) in [4.78, 5) is 12.4. The lowest BCUT2D eigenvalue weighted by Crippen LogP contribution is -2.34. The number of benzene rings is 1. The van der Waals surface area contributed by atoms with Crippen molar-refractivity contribution in [1.82, 2.24) is 0 Å². The molecule has 0 bridgehead atoms. The standard InChI is InChI=1S/C16H20F2O/c1-16(2)6-4-3-5-14(16)15(19)9-11-7-12(17)10-13(18)8-11/h7-8,10,14H,3-6,9H2,1-2H3. The zero-order valence-electron chi connectivity index (χ0n) is 11.5. The monoisotopic (exact) mass is 266 g/mol. The van der Waals surface area contributed by atoms with E-state index < -0.39 is 11.6 Å². The molecule has 1 aromatic rings. The summed E-state index contributed by atoms with van der Waals surface area (Å²) in [5, 5.41) is 0. The molecule has 0 amide bonds. The number of carbonyl (C=O) groups excluding carboxylic acids is 1. The van der Waals surface area contributed by atoms with Gasteiger partial charge in [0.05, 0.1) is 0 Å². The van der Waals surface area contributed by atoms with Crippen LogP contribution in [0.2, 0.25) is 0 Å². The van der Waals surface area contributed by atoms with Crippen LogP contribution < -0.4 is 0 Å². The van der Waals surface area contributed by atoms with Crippen molar-refractivity contribution in [1.29, 1.82) is 0 Å². The molecule has 2 rings (SSSR count). The smallest absolute Gasteiger partial charge is 0.140 e. The summed E-state index contributed by atoms with van der Waals surface area (Å²) in [5.41, 5.74) is 0.435. The molecule has 1 aromatic carbocycles. The van der Waals surface area contributed by atoms with Crippen LogP contribution >= 0.6 is 0 Å². The Hall–Kier alpha value is -1.25. The summed E-state index contributed by atoms with van der Waals surface area (Å²) < 4.78 is 26.2. The predicted molar refractivity (Wildman–Crippen MR) is 70.8 cm³/mol. The van der Waals surface area contributed by atoms with Gasteiger partial charge in [0.2, 0.25) is 0 Å². The third kappa shape index (κ3) is 3.40. The molecule has 1 aliphatic carbocycles. The van der Waals surface area contributed by atoms with Gasteiger partial charge in [-0.05, 0) is 36.0 Å². The minimum absolute atomic E-state index is 0.00119. The molecule has 104 valence electrons. The minimum Gasteiger partial charge on any atom is -0.299 e. The van der Waals surface area contributed by atoms with Gasteiger partial charge < -0.3 is 0 Å². The van der Waals surface area contributed by atoms with E-state index in [0.717, 1.165) is 31.7 Å². The maximum Gasteiger partial charge on any atom is 0.140 e. The third-order valence-corrected chi connectivity index (χ3v) is 4.20. The summed E-state index contributed by atoms with van der Waals surface area (Å²) in [6.07, 6.45) is 4.29. The van der Waals surface area contributed by atoms with Crippen molar-refractivity contribution in [3.8, 4) is 0 Å². The van der Waals surface area contributed by atoms with E-state index in [1.807, 2.05) is 0 Å². The molecule has 0 aromatic heterocycles. The Kier molecular flexibility index (Phi) is 4.02. The number of Topliss-reactive ketones (excluding diaryl/α,β-unsaturated/α-hetero) is 1. The van der Waals surface area contributed by atoms with Crippen LogP contribution in [0.15, 0.2) is 18.2 Å². The Labute approximate surface area is 113 Å². The number of rotatable bonds is 3. The molecule has 19 heavy (non-hydrogen) atoms. The summed E-state index contributed by atoms with van der Waals surface area (Å²) in [6, 6.07) is 3.33. The second-order valence-corrected chi connectivity index (χ2v) is 6.21. The van der Waals surface area contributed by atoms with Gasteiger partial charge in [-0.25, -0.2) is 8.78 Å². The average Bonchev–Trinajstić information content (AvgIpc) is 2.26. The van der Waals surface area contributed by atoms with E-state index >= 15 is 0 Å². The van der Waals surface area contributed by atoms with Gasteiger partial charge >= 0.3 is 0 Å². The molecule has 1 unspecified atom stereocenters. The molecule has 0 heterocycles. The lowest BCUT2D eigenvalue weighted by molar-refractivity contribution is -0.127. The quantitative estimate of drug-likeness (QED) is 0.797. The number of hydrogen-bond acceptors (Lipinski definition) is 1. The third-order valence-electron chi connectivity index (χ3n) is 4.20. The number of ketones is 1. The van der Waals surface area contributed by atoms with E-state index in [0.29, 0.717) is 5.56 Å². The topological polar surface area (TPSA) is 17.1 Å². The van der Waals surface area contributed by atoms with Crippen molar-refractivity contribution in [2.24, 2.45) is 11.3 Å². The predicted octanol–water partition coefficient (Wildman–Crippen LogP) is 4.29. The van der Waals surface area contributed by atoms with Crippen LogP contribution in [-0.2, 0) is 11.2 Å². The Balaban J connectivity index is 2.12. The van der Waals surface area contributed by atoms with Crippen molar-refractivity contribution >= 4 is 5.78 Å². The molecule has 1 fully saturated rings. The molecule has 1 nitrogen and oxygen atoms in total. The Morgan fingerprint density at radius 3 is 2.42 bits per heavy atom. The molecule has 0 spiro atoms. The van der Waals surface area contributed by atoms with Crippen molar-refractivity contribution < 1.29 is 13.6 Å². The Bertz CT molecular complexity index is 459. The molecular weight excluding hydrogens is 246 g/mol. The molecule has 0 radical (unpaired) electrons. The van der Waals surface area contributed by atoms with E-state index in [1.165, 1.54) is 12.1 Å². The first-order valence-corrected chi connectivity index (χ1v) is 6.86. The van der Waals surface area contributed by atoms with Gasteiger partial charge in [0, 0.05) is 18.4 Å². The molecule has 1 atom stereocenters. The van der Waals surface area contributed by atoms with Crippen LogP contribution in [0.3, 0.4) is 0 Å². The fourth-order valence-electron chi connectivity index (χ4n) is 3.13. The van der Waals surface area contributed by atoms with Crippen LogP contribution in [0.5, 0.6) is 0 Å². The molecular formula is C16H20F2O. The Morgan fingerprint density at radius 1 is 1.21 bits per heavy atom. The highest BCUT2D eigenvalue weighted by Crippen LogP contribution is 2.41. The summed E-state index contributed by atoms with van der Waals surface area (Å²) in [7, 11) is 0. The number of halogens is 2. The Morgan fingerprint density at radius 2 is 1.84 bits per heavy atom. The lowest BCUT2D eigenvalue weighted by atomic mass is 9.66.